The number of nitrogens with one attached hydrogen (secondary N) is 1. The molecule has 2 rings (SSSR count). The van der Waals surface area contributed by atoms with Crippen molar-refractivity contribution in [3.8, 4) is 0 Å². The first kappa shape index (κ1) is 14.3. The number of benzene rings is 1. The summed E-state index contributed by atoms with van der Waals surface area (Å²) >= 11 is 1.87. The molecule has 1 N–H and O–H groups in total. The van der Waals surface area contributed by atoms with Crippen LogP contribution >= 0.6 is 11.3 Å². The first-order valence-corrected chi connectivity index (χ1v) is 7.91. The van der Waals surface area contributed by atoms with E-state index in [1.54, 1.807) is 0 Å². The van der Waals surface area contributed by atoms with Crippen molar-refractivity contribution in [1.29, 1.82) is 0 Å². The first-order valence-electron chi connectivity index (χ1n) is 7.03. The average Bonchev–Trinajstić information content (AvgIpc) is 2.93. The van der Waals surface area contributed by atoms with Crippen molar-refractivity contribution in [2.45, 2.75) is 38.6 Å². The molecule has 1 atom stereocenters. The van der Waals surface area contributed by atoms with Gasteiger partial charge in [0.05, 0.1) is 0 Å². The summed E-state index contributed by atoms with van der Waals surface area (Å²) in [5, 5.41) is 5.63. The smallest absolute Gasteiger partial charge is 0.0105 e. The van der Waals surface area contributed by atoms with Gasteiger partial charge >= 0.3 is 0 Å². The quantitative estimate of drug-likeness (QED) is 0.797. The third-order valence-corrected chi connectivity index (χ3v) is 4.63. The minimum absolute atomic E-state index is 0.584. The van der Waals surface area contributed by atoms with Crippen LogP contribution in [0.1, 0.15) is 28.8 Å². The van der Waals surface area contributed by atoms with Gasteiger partial charge in [0, 0.05) is 10.9 Å². The van der Waals surface area contributed by atoms with Gasteiger partial charge in [-0.3, -0.25) is 0 Å². The molecule has 0 amide bonds. The Morgan fingerprint density at radius 1 is 1.16 bits per heavy atom. The van der Waals surface area contributed by atoms with Crippen LogP contribution in [0.2, 0.25) is 0 Å². The summed E-state index contributed by atoms with van der Waals surface area (Å²) in [6, 6.07) is 13.7. The second kappa shape index (κ2) is 7.46. The molecule has 19 heavy (non-hydrogen) atoms. The number of hydrogen-bond acceptors (Lipinski definition) is 2. The topological polar surface area (TPSA) is 12.0 Å². The van der Waals surface area contributed by atoms with E-state index in [4.69, 9.17) is 0 Å². The highest BCUT2D eigenvalue weighted by molar-refractivity contribution is 7.09. The Hall–Kier alpha value is -1.12. The Labute approximate surface area is 120 Å². The van der Waals surface area contributed by atoms with Gasteiger partial charge in [-0.05, 0) is 62.2 Å². The molecule has 0 spiro atoms. The largest absolute Gasteiger partial charge is 0.317 e. The highest BCUT2D eigenvalue weighted by Crippen LogP contribution is 2.15. The highest BCUT2D eigenvalue weighted by Gasteiger charge is 2.08. The molecular weight excluding hydrogens is 250 g/mol. The third kappa shape index (κ3) is 4.48. The Morgan fingerprint density at radius 3 is 2.68 bits per heavy atom. The summed E-state index contributed by atoms with van der Waals surface area (Å²) < 4.78 is 0. The van der Waals surface area contributed by atoms with Crippen LogP contribution in [-0.2, 0) is 12.8 Å². The molecule has 0 aliphatic carbocycles. The molecule has 0 radical (unpaired) electrons. The van der Waals surface area contributed by atoms with E-state index in [9.17, 15) is 0 Å². The number of aryl methyl sites for hydroxylation is 2. The summed E-state index contributed by atoms with van der Waals surface area (Å²) in [6.07, 6.45) is 4.85. The van der Waals surface area contributed by atoms with Gasteiger partial charge in [0.15, 0.2) is 0 Å². The third-order valence-electron chi connectivity index (χ3n) is 3.69. The van der Waals surface area contributed by atoms with Crippen molar-refractivity contribution in [2.24, 2.45) is 0 Å². The maximum atomic E-state index is 3.46. The van der Waals surface area contributed by atoms with Crippen LogP contribution in [0.25, 0.3) is 0 Å². The monoisotopic (exact) mass is 273 g/mol. The van der Waals surface area contributed by atoms with E-state index >= 15 is 0 Å². The molecule has 1 aromatic carbocycles. The lowest BCUT2D eigenvalue weighted by Gasteiger charge is -2.17. The predicted octanol–water partition coefficient (Wildman–Crippen LogP) is 4.21. The van der Waals surface area contributed by atoms with Gasteiger partial charge in [-0.1, -0.05) is 30.3 Å². The van der Waals surface area contributed by atoms with E-state index in [2.05, 4.69) is 61.1 Å². The molecule has 0 aliphatic rings. The Bertz CT molecular complexity index is 476. The molecule has 0 saturated carbocycles. The number of rotatable bonds is 7. The zero-order chi connectivity index (χ0) is 13.5. The fraction of sp³-hybridized carbons (Fsp3) is 0.412. The van der Waals surface area contributed by atoms with E-state index in [0.29, 0.717) is 6.04 Å². The standard InChI is InChI=1S/C17H23NS/c1-14-7-3-4-8-15(14)13-16(18-2)9-5-10-17-11-6-12-19-17/h3-4,6-8,11-12,16,18H,5,9-10,13H2,1-2H3. The molecule has 0 saturated heterocycles. The fourth-order valence-electron chi connectivity index (χ4n) is 2.43. The minimum Gasteiger partial charge on any atom is -0.317 e. The van der Waals surface area contributed by atoms with Crippen molar-refractivity contribution < 1.29 is 0 Å². The molecule has 2 heteroatoms. The van der Waals surface area contributed by atoms with Crippen molar-refractivity contribution in [1.82, 2.24) is 5.32 Å². The van der Waals surface area contributed by atoms with Crippen molar-refractivity contribution >= 4 is 11.3 Å². The molecule has 1 heterocycles. The molecule has 1 unspecified atom stereocenters. The van der Waals surface area contributed by atoms with Gasteiger partial charge in [-0.25, -0.2) is 0 Å². The molecule has 2 aromatic rings. The van der Waals surface area contributed by atoms with Gasteiger partial charge in [0.2, 0.25) is 0 Å². The van der Waals surface area contributed by atoms with Crippen molar-refractivity contribution in [2.75, 3.05) is 7.05 Å². The first-order chi connectivity index (χ1) is 9.29. The molecular formula is C17H23NS. The van der Waals surface area contributed by atoms with Crippen LogP contribution in [0, 0.1) is 6.92 Å². The average molecular weight is 273 g/mol. The fourth-order valence-corrected chi connectivity index (χ4v) is 3.18. The van der Waals surface area contributed by atoms with Gasteiger partial charge in [0.25, 0.3) is 0 Å². The van der Waals surface area contributed by atoms with Crippen LogP contribution in [0.3, 0.4) is 0 Å². The van der Waals surface area contributed by atoms with Crippen molar-refractivity contribution in [3.63, 3.8) is 0 Å². The Morgan fingerprint density at radius 2 is 2.00 bits per heavy atom. The molecule has 1 nitrogen and oxygen atoms in total. The second-order valence-corrected chi connectivity index (χ2v) is 6.12. The zero-order valence-electron chi connectivity index (χ0n) is 11.9. The maximum Gasteiger partial charge on any atom is 0.0105 e. The van der Waals surface area contributed by atoms with Crippen LogP contribution in [0.15, 0.2) is 41.8 Å². The van der Waals surface area contributed by atoms with Crippen molar-refractivity contribution in [3.05, 3.63) is 57.8 Å². The van der Waals surface area contributed by atoms with Gasteiger partial charge < -0.3 is 5.32 Å². The molecule has 0 aliphatic heterocycles. The lowest BCUT2D eigenvalue weighted by molar-refractivity contribution is 0.502. The predicted molar refractivity (Wildman–Crippen MR) is 85.0 cm³/mol. The summed E-state index contributed by atoms with van der Waals surface area (Å²) in [4.78, 5) is 1.51. The number of hydrogen-bond donors (Lipinski definition) is 1. The van der Waals surface area contributed by atoms with Gasteiger partial charge in [-0.15, -0.1) is 11.3 Å². The summed E-state index contributed by atoms with van der Waals surface area (Å²) in [5.74, 6) is 0. The Balaban J connectivity index is 1.82. The maximum absolute atomic E-state index is 3.46. The van der Waals surface area contributed by atoms with Gasteiger partial charge in [0.1, 0.15) is 0 Å². The van der Waals surface area contributed by atoms with E-state index in [0.717, 1.165) is 6.42 Å². The summed E-state index contributed by atoms with van der Waals surface area (Å²) in [6.45, 7) is 2.20. The van der Waals surface area contributed by atoms with Gasteiger partial charge in [-0.2, -0.15) is 0 Å². The lowest BCUT2D eigenvalue weighted by Crippen LogP contribution is -2.27. The van der Waals surface area contributed by atoms with Crippen LogP contribution < -0.4 is 5.32 Å². The normalized spacial score (nSPS) is 12.5. The number of likely N-dealkylation sites (N-methyl/N-ethyl adjacent to an activating group) is 1. The summed E-state index contributed by atoms with van der Waals surface area (Å²) in [5.41, 5.74) is 2.87. The van der Waals surface area contributed by atoms with Crippen LogP contribution in [0.5, 0.6) is 0 Å². The van der Waals surface area contributed by atoms with Crippen LogP contribution in [-0.4, -0.2) is 13.1 Å². The molecule has 0 bridgehead atoms. The highest BCUT2D eigenvalue weighted by atomic mass is 32.1. The van der Waals surface area contributed by atoms with Crippen LogP contribution in [0.4, 0.5) is 0 Å². The lowest BCUT2D eigenvalue weighted by atomic mass is 9.97. The number of thiophene rings is 1. The minimum atomic E-state index is 0.584. The second-order valence-electron chi connectivity index (χ2n) is 5.09. The van der Waals surface area contributed by atoms with E-state index in [-0.39, 0.29) is 0 Å². The molecule has 1 aromatic heterocycles. The zero-order valence-corrected chi connectivity index (χ0v) is 12.7. The van der Waals surface area contributed by atoms with E-state index in [1.165, 1.54) is 35.3 Å². The van der Waals surface area contributed by atoms with E-state index < -0.39 is 0 Å². The SMILES string of the molecule is CNC(CCCc1cccs1)Cc1ccccc1C. The molecule has 0 fully saturated rings. The summed E-state index contributed by atoms with van der Waals surface area (Å²) in [7, 11) is 2.08. The Kier molecular flexibility index (Phi) is 5.62. The van der Waals surface area contributed by atoms with E-state index in [1.807, 2.05) is 11.3 Å². The molecule has 102 valence electrons.